The fraction of sp³-hybridized carbons (Fsp3) is 0.714. The lowest BCUT2D eigenvalue weighted by Crippen LogP contribution is -2.47. The number of hydrogen-bond donors (Lipinski definition) is 3. The van der Waals surface area contributed by atoms with Gasteiger partial charge in [0.15, 0.2) is 0 Å². The van der Waals surface area contributed by atoms with Crippen molar-refractivity contribution in [3.63, 3.8) is 0 Å². The average molecular weight is 173 g/mol. The molecule has 1 saturated carbocycles. The summed E-state index contributed by atoms with van der Waals surface area (Å²) in [6.07, 6.45) is 1.33. The number of nitrogens with one attached hydrogen (secondary N) is 1. The minimum absolute atomic E-state index is 0.0152. The summed E-state index contributed by atoms with van der Waals surface area (Å²) in [7, 11) is 0. The molecule has 0 aromatic heterocycles. The summed E-state index contributed by atoms with van der Waals surface area (Å²) in [5, 5.41) is 19.0. The molecular formula is C7H11NO4. The Morgan fingerprint density at radius 2 is 1.92 bits per heavy atom. The fourth-order valence-electron chi connectivity index (χ4n) is 1.29. The maximum atomic E-state index is 10.5. The smallest absolute Gasteiger partial charge is 0.405 e. The molecule has 1 aliphatic rings. The Bertz CT molecular complexity index is 200. The zero-order valence-electron chi connectivity index (χ0n) is 6.49. The van der Waals surface area contributed by atoms with Gasteiger partial charge in [0.2, 0.25) is 0 Å². The highest BCUT2D eigenvalue weighted by Crippen LogP contribution is 2.29. The Morgan fingerprint density at radius 1 is 1.33 bits per heavy atom. The summed E-state index contributed by atoms with van der Waals surface area (Å²) in [4.78, 5) is 20.7. The number of carbonyl (C=O) groups is 2. The number of carboxylic acid groups (broad SMARTS) is 2. The molecule has 68 valence electrons. The quantitative estimate of drug-likeness (QED) is 0.580. The van der Waals surface area contributed by atoms with Gasteiger partial charge >= 0.3 is 12.1 Å². The lowest BCUT2D eigenvalue weighted by Gasteiger charge is -2.30. The lowest BCUT2D eigenvalue weighted by molar-refractivity contribution is -0.141. The van der Waals surface area contributed by atoms with E-state index >= 15 is 0 Å². The van der Waals surface area contributed by atoms with Crippen LogP contribution in [0.1, 0.15) is 19.3 Å². The average Bonchev–Trinajstić information content (AvgIpc) is 1.80. The van der Waals surface area contributed by atoms with Gasteiger partial charge in [-0.3, -0.25) is 0 Å². The topological polar surface area (TPSA) is 86.6 Å². The van der Waals surface area contributed by atoms with Crippen molar-refractivity contribution >= 4 is 12.1 Å². The van der Waals surface area contributed by atoms with Crippen molar-refractivity contribution in [1.82, 2.24) is 5.32 Å². The molecule has 5 heteroatoms. The van der Waals surface area contributed by atoms with Gasteiger partial charge in [0.1, 0.15) is 6.04 Å². The van der Waals surface area contributed by atoms with Gasteiger partial charge in [0, 0.05) is 0 Å². The van der Waals surface area contributed by atoms with Gasteiger partial charge in [-0.25, -0.2) is 9.59 Å². The van der Waals surface area contributed by atoms with Crippen LogP contribution < -0.4 is 5.32 Å². The van der Waals surface area contributed by atoms with Gasteiger partial charge in [-0.2, -0.15) is 0 Å². The van der Waals surface area contributed by atoms with E-state index < -0.39 is 18.1 Å². The van der Waals surface area contributed by atoms with Crippen LogP contribution in [0.4, 0.5) is 4.79 Å². The highest BCUT2D eigenvalue weighted by molar-refractivity contribution is 5.79. The second-order valence-electron chi connectivity index (χ2n) is 2.96. The van der Waals surface area contributed by atoms with E-state index in [0.717, 1.165) is 19.3 Å². The van der Waals surface area contributed by atoms with Gasteiger partial charge in [-0.05, 0) is 18.8 Å². The molecule has 1 fully saturated rings. The van der Waals surface area contributed by atoms with Crippen LogP contribution in [0.5, 0.6) is 0 Å². The molecule has 0 aliphatic heterocycles. The van der Waals surface area contributed by atoms with E-state index in [0.29, 0.717) is 0 Å². The predicted molar refractivity (Wildman–Crippen MR) is 39.9 cm³/mol. The first-order chi connectivity index (χ1) is 5.61. The fourth-order valence-corrected chi connectivity index (χ4v) is 1.29. The molecule has 0 aromatic carbocycles. The minimum Gasteiger partial charge on any atom is -0.480 e. The van der Waals surface area contributed by atoms with E-state index in [1.165, 1.54) is 0 Å². The third kappa shape index (κ3) is 1.87. The van der Waals surface area contributed by atoms with Crippen LogP contribution in [0, 0.1) is 5.92 Å². The van der Waals surface area contributed by atoms with Crippen LogP contribution >= 0.6 is 0 Å². The normalized spacial score (nSPS) is 19.3. The molecule has 1 aliphatic carbocycles. The highest BCUT2D eigenvalue weighted by Gasteiger charge is 2.33. The predicted octanol–water partition coefficient (Wildman–Crippen LogP) is 0.507. The first kappa shape index (κ1) is 8.83. The molecule has 3 N–H and O–H groups in total. The maximum absolute atomic E-state index is 10.5. The highest BCUT2D eigenvalue weighted by atomic mass is 16.4. The summed E-state index contributed by atoms with van der Waals surface area (Å²) in [6, 6.07) is -0.920. The molecule has 0 radical (unpaired) electrons. The largest absolute Gasteiger partial charge is 0.480 e. The molecule has 1 amide bonds. The van der Waals surface area contributed by atoms with Gasteiger partial charge < -0.3 is 15.5 Å². The first-order valence-corrected chi connectivity index (χ1v) is 3.83. The monoisotopic (exact) mass is 173 g/mol. The van der Waals surface area contributed by atoms with Crippen LogP contribution in [0.3, 0.4) is 0 Å². The lowest BCUT2D eigenvalue weighted by atomic mass is 9.80. The van der Waals surface area contributed by atoms with Gasteiger partial charge in [0.05, 0.1) is 0 Å². The van der Waals surface area contributed by atoms with Crippen LogP contribution in [0.2, 0.25) is 0 Å². The molecule has 0 saturated heterocycles. The van der Waals surface area contributed by atoms with E-state index in [2.05, 4.69) is 0 Å². The van der Waals surface area contributed by atoms with E-state index in [4.69, 9.17) is 10.2 Å². The van der Waals surface area contributed by atoms with Crippen molar-refractivity contribution in [2.75, 3.05) is 0 Å². The van der Waals surface area contributed by atoms with Crippen molar-refractivity contribution in [3.8, 4) is 0 Å². The Labute approximate surface area is 69.4 Å². The molecule has 12 heavy (non-hydrogen) atoms. The number of carboxylic acids is 1. The number of hydrogen-bond acceptors (Lipinski definition) is 2. The van der Waals surface area contributed by atoms with Gasteiger partial charge in [-0.15, -0.1) is 0 Å². The number of amides is 1. The van der Waals surface area contributed by atoms with Crippen LogP contribution in [-0.4, -0.2) is 28.3 Å². The van der Waals surface area contributed by atoms with Crippen LogP contribution in [0.15, 0.2) is 0 Å². The SMILES string of the molecule is O=C(O)NC(C(=O)O)C1CCC1. The van der Waals surface area contributed by atoms with Crippen molar-refractivity contribution < 1.29 is 19.8 Å². The zero-order valence-corrected chi connectivity index (χ0v) is 6.49. The molecule has 0 aromatic rings. The summed E-state index contributed by atoms with van der Waals surface area (Å²) >= 11 is 0. The van der Waals surface area contributed by atoms with E-state index in [1.807, 2.05) is 5.32 Å². The van der Waals surface area contributed by atoms with Gasteiger partial charge in [-0.1, -0.05) is 6.42 Å². The Kier molecular flexibility index (Phi) is 2.52. The van der Waals surface area contributed by atoms with Crippen molar-refractivity contribution in [2.24, 2.45) is 5.92 Å². The second-order valence-corrected chi connectivity index (χ2v) is 2.96. The van der Waals surface area contributed by atoms with E-state index in [1.54, 1.807) is 0 Å². The van der Waals surface area contributed by atoms with E-state index in [9.17, 15) is 9.59 Å². The van der Waals surface area contributed by atoms with Crippen LogP contribution in [0.25, 0.3) is 0 Å². The summed E-state index contributed by atoms with van der Waals surface area (Å²) < 4.78 is 0. The van der Waals surface area contributed by atoms with E-state index in [-0.39, 0.29) is 5.92 Å². The number of rotatable bonds is 3. The molecule has 1 unspecified atom stereocenters. The molecule has 1 rings (SSSR count). The summed E-state index contributed by atoms with van der Waals surface area (Å²) in [5.74, 6) is -1.10. The first-order valence-electron chi connectivity index (χ1n) is 3.83. The third-order valence-electron chi connectivity index (χ3n) is 2.17. The molecule has 0 bridgehead atoms. The Hall–Kier alpha value is -1.26. The van der Waals surface area contributed by atoms with Crippen molar-refractivity contribution in [1.29, 1.82) is 0 Å². The molecule has 0 heterocycles. The maximum Gasteiger partial charge on any atom is 0.405 e. The van der Waals surface area contributed by atoms with Crippen molar-refractivity contribution in [3.05, 3.63) is 0 Å². The standard InChI is InChI=1S/C7H11NO4/c9-6(10)5(8-7(11)12)4-2-1-3-4/h4-5,8H,1-3H2,(H,9,10)(H,11,12). The Balaban J connectivity index is 2.48. The zero-order chi connectivity index (χ0) is 9.14. The summed E-state index contributed by atoms with van der Waals surface area (Å²) in [5.41, 5.74) is 0. The third-order valence-corrected chi connectivity index (χ3v) is 2.17. The van der Waals surface area contributed by atoms with Gasteiger partial charge in [0.25, 0.3) is 0 Å². The molecular weight excluding hydrogens is 162 g/mol. The number of aliphatic carboxylic acids is 1. The molecule has 1 atom stereocenters. The van der Waals surface area contributed by atoms with Crippen LogP contribution in [-0.2, 0) is 4.79 Å². The second kappa shape index (κ2) is 3.42. The molecule has 0 spiro atoms. The van der Waals surface area contributed by atoms with Crippen molar-refractivity contribution in [2.45, 2.75) is 25.3 Å². The minimum atomic E-state index is -1.27. The Morgan fingerprint density at radius 3 is 2.17 bits per heavy atom. The summed E-state index contributed by atoms with van der Waals surface area (Å²) in [6.45, 7) is 0. The molecule has 5 nitrogen and oxygen atoms in total.